The number of sulfonamides is 1. The Kier molecular flexibility index (Phi) is 6.05. The fourth-order valence-corrected chi connectivity index (χ4v) is 3.37. The molecule has 0 unspecified atom stereocenters. The summed E-state index contributed by atoms with van der Waals surface area (Å²) in [6, 6.07) is 11.4. The second-order valence-corrected chi connectivity index (χ2v) is 6.95. The molecule has 0 aliphatic heterocycles. The van der Waals surface area contributed by atoms with Gasteiger partial charge in [-0.25, -0.2) is 13.1 Å². The zero-order valence-electron chi connectivity index (χ0n) is 13.7. The van der Waals surface area contributed by atoms with Crippen molar-refractivity contribution in [3.63, 3.8) is 0 Å². The van der Waals surface area contributed by atoms with Crippen LogP contribution in [0.15, 0.2) is 47.4 Å². The lowest BCUT2D eigenvalue weighted by atomic mass is 10.1. The lowest BCUT2D eigenvalue weighted by molar-refractivity contribution is 0.354. The van der Waals surface area contributed by atoms with Crippen molar-refractivity contribution >= 4 is 10.0 Å². The van der Waals surface area contributed by atoms with Crippen molar-refractivity contribution in [1.82, 2.24) is 4.72 Å². The lowest BCUT2D eigenvalue weighted by Crippen LogP contribution is -2.25. The number of methoxy groups -OCH3 is 2. The monoisotopic (exact) mass is 351 g/mol. The SMILES string of the molecule is COc1ccc(S(=O)(=O)NCCCc2cccc(O)c2)cc1OC. The predicted octanol–water partition coefficient (Wildman–Crippen LogP) is 2.32. The number of rotatable bonds is 8. The second-order valence-electron chi connectivity index (χ2n) is 5.19. The average molecular weight is 351 g/mol. The molecular weight excluding hydrogens is 330 g/mol. The minimum absolute atomic E-state index is 0.123. The number of hydrogen-bond acceptors (Lipinski definition) is 5. The van der Waals surface area contributed by atoms with Gasteiger partial charge < -0.3 is 14.6 Å². The minimum atomic E-state index is -3.62. The smallest absolute Gasteiger partial charge is 0.240 e. The molecule has 7 heteroatoms. The van der Waals surface area contributed by atoms with Crippen LogP contribution in [0.25, 0.3) is 0 Å². The van der Waals surface area contributed by atoms with Crippen molar-refractivity contribution in [2.24, 2.45) is 0 Å². The number of aromatic hydroxyl groups is 1. The lowest BCUT2D eigenvalue weighted by Gasteiger charge is -2.11. The summed E-state index contributed by atoms with van der Waals surface area (Å²) in [5.74, 6) is 1.04. The van der Waals surface area contributed by atoms with E-state index in [0.717, 1.165) is 5.56 Å². The van der Waals surface area contributed by atoms with Gasteiger partial charge in [0.2, 0.25) is 10.0 Å². The number of nitrogens with one attached hydrogen (secondary N) is 1. The van der Waals surface area contributed by atoms with Gasteiger partial charge in [0.05, 0.1) is 19.1 Å². The van der Waals surface area contributed by atoms with E-state index in [4.69, 9.17) is 9.47 Å². The van der Waals surface area contributed by atoms with Crippen LogP contribution in [0.5, 0.6) is 17.2 Å². The van der Waals surface area contributed by atoms with Crippen molar-refractivity contribution in [2.75, 3.05) is 20.8 Å². The molecule has 2 rings (SSSR count). The first kappa shape index (κ1) is 18.1. The summed E-state index contributed by atoms with van der Waals surface area (Å²) in [6.07, 6.45) is 1.29. The number of benzene rings is 2. The topological polar surface area (TPSA) is 84.9 Å². The van der Waals surface area contributed by atoms with Crippen LogP contribution in [0.3, 0.4) is 0 Å². The van der Waals surface area contributed by atoms with Crippen LogP contribution >= 0.6 is 0 Å². The summed E-state index contributed by atoms with van der Waals surface area (Å²) < 4.78 is 37.4. The van der Waals surface area contributed by atoms with Crippen LogP contribution in [0.2, 0.25) is 0 Å². The van der Waals surface area contributed by atoms with Crippen LogP contribution < -0.4 is 14.2 Å². The summed E-state index contributed by atoms with van der Waals surface area (Å²) in [5.41, 5.74) is 0.959. The molecule has 0 aliphatic carbocycles. The van der Waals surface area contributed by atoms with Gasteiger partial charge in [0, 0.05) is 12.6 Å². The van der Waals surface area contributed by atoms with Gasteiger partial charge in [-0.05, 0) is 42.7 Å². The number of phenolic OH excluding ortho intramolecular Hbond substituents is 1. The van der Waals surface area contributed by atoms with E-state index in [2.05, 4.69) is 4.72 Å². The van der Waals surface area contributed by atoms with E-state index >= 15 is 0 Å². The molecule has 0 heterocycles. The Hall–Kier alpha value is -2.25. The maximum absolute atomic E-state index is 12.3. The highest BCUT2D eigenvalue weighted by Gasteiger charge is 2.16. The largest absolute Gasteiger partial charge is 0.508 e. The third-order valence-corrected chi connectivity index (χ3v) is 4.97. The Morgan fingerprint density at radius 1 is 1.04 bits per heavy atom. The zero-order chi connectivity index (χ0) is 17.6. The van der Waals surface area contributed by atoms with Crippen molar-refractivity contribution in [3.05, 3.63) is 48.0 Å². The summed E-state index contributed by atoms with van der Waals surface area (Å²) >= 11 is 0. The molecule has 0 atom stereocenters. The summed E-state index contributed by atoms with van der Waals surface area (Å²) in [7, 11) is -0.668. The zero-order valence-corrected chi connectivity index (χ0v) is 14.5. The van der Waals surface area contributed by atoms with Crippen LogP contribution in [0.1, 0.15) is 12.0 Å². The Bertz CT molecular complexity index is 789. The molecule has 0 spiro atoms. The molecule has 0 saturated heterocycles. The highest BCUT2D eigenvalue weighted by molar-refractivity contribution is 7.89. The van der Waals surface area contributed by atoms with Crippen molar-refractivity contribution in [2.45, 2.75) is 17.7 Å². The molecule has 130 valence electrons. The average Bonchev–Trinajstić information content (AvgIpc) is 2.58. The maximum Gasteiger partial charge on any atom is 0.240 e. The molecule has 0 fully saturated rings. The predicted molar refractivity (Wildman–Crippen MR) is 91.2 cm³/mol. The summed E-state index contributed by atoms with van der Waals surface area (Å²) in [6.45, 7) is 0.298. The molecule has 0 amide bonds. The third-order valence-electron chi connectivity index (χ3n) is 3.51. The van der Waals surface area contributed by atoms with Gasteiger partial charge in [-0.3, -0.25) is 0 Å². The molecule has 0 saturated carbocycles. The van der Waals surface area contributed by atoms with Crippen LogP contribution in [-0.4, -0.2) is 34.3 Å². The fourth-order valence-electron chi connectivity index (χ4n) is 2.28. The van der Waals surface area contributed by atoms with Gasteiger partial charge in [-0.1, -0.05) is 12.1 Å². The highest BCUT2D eigenvalue weighted by atomic mass is 32.2. The van der Waals surface area contributed by atoms with Gasteiger partial charge in [0.25, 0.3) is 0 Å². The number of phenols is 1. The first-order chi connectivity index (χ1) is 11.5. The maximum atomic E-state index is 12.3. The van der Waals surface area contributed by atoms with Crippen LogP contribution in [0, 0.1) is 0 Å². The summed E-state index contributed by atoms with van der Waals surface area (Å²) in [5, 5.41) is 9.41. The molecule has 6 nitrogen and oxygen atoms in total. The van der Waals surface area contributed by atoms with E-state index in [0.29, 0.717) is 30.9 Å². The standard InChI is InChI=1S/C17H21NO5S/c1-22-16-9-8-15(12-17(16)23-2)24(20,21)18-10-4-6-13-5-3-7-14(19)11-13/h3,5,7-9,11-12,18-19H,4,6,10H2,1-2H3. The third kappa shape index (κ3) is 4.62. The molecule has 2 aromatic carbocycles. The van der Waals surface area contributed by atoms with Gasteiger partial charge in [-0.2, -0.15) is 0 Å². The van der Waals surface area contributed by atoms with Crippen LogP contribution in [0.4, 0.5) is 0 Å². The van der Waals surface area contributed by atoms with E-state index in [1.807, 2.05) is 6.07 Å². The van der Waals surface area contributed by atoms with Crippen molar-refractivity contribution in [3.8, 4) is 17.2 Å². The molecule has 0 aliphatic rings. The van der Waals surface area contributed by atoms with E-state index in [1.165, 1.54) is 26.4 Å². The molecule has 0 radical (unpaired) electrons. The van der Waals surface area contributed by atoms with Gasteiger partial charge in [0.1, 0.15) is 5.75 Å². The highest BCUT2D eigenvalue weighted by Crippen LogP contribution is 2.29. The van der Waals surface area contributed by atoms with E-state index in [1.54, 1.807) is 24.3 Å². The summed E-state index contributed by atoms with van der Waals surface area (Å²) in [4.78, 5) is 0.123. The van der Waals surface area contributed by atoms with E-state index in [-0.39, 0.29) is 10.6 Å². The Morgan fingerprint density at radius 2 is 1.79 bits per heavy atom. The molecular formula is C17H21NO5S. The number of ether oxygens (including phenoxy) is 2. The van der Waals surface area contributed by atoms with E-state index in [9.17, 15) is 13.5 Å². The van der Waals surface area contributed by atoms with Gasteiger partial charge in [0.15, 0.2) is 11.5 Å². The van der Waals surface area contributed by atoms with Gasteiger partial charge in [-0.15, -0.1) is 0 Å². The number of hydrogen-bond donors (Lipinski definition) is 2. The molecule has 0 bridgehead atoms. The van der Waals surface area contributed by atoms with E-state index < -0.39 is 10.0 Å². The first-order valence-corrected chi connectivity index (χ1v) is 8.94. The molecule has 2 aromatic rings. The molecule has 0 aromatic heterocycles. The normalized spacial score (nSPS) is 11.2. The fraction of sp³-hybridized carbons (Fsp3) is 0.294. The second kappa shape index (κ2) is 8.03. The van der Waals surface area contributed by atoms with Crippen molar-refractivity contribution in [1.29, 1.82) is 0 Å². The van der Waals surface area contributed by atoms with Gasteiger partial charge >= 0.3 is 0 Å². The molecule has 24 heavy (non-hydrogen) atoms. The van der Waals surface area contributed by atoms with Crippen molar-refractivity contribution < 1.29 is 23.0 Å². The first-order valence-electron chi connectivity index (χ1n) is 7.46. The van der Waals surface area contributed by atoms with Crippen LogP contribution in [-0.2, 0) is 16.4 Å². The number of aryl methyl sites for hydroxylation is 1. The Balaban J connectivity index is 1.96. The minimum Gasteiger partial charge on any atom is -0.508 e. The Morgan fingerprint density at radius 3 is 2.46 bits per heavy atom. The molecule has 2 N–H and O–H groups in total. The Labute approximate surface area is 142 Å². The quantitative estimate of drug-likeness (QED) is 0.713.